The molecule has 5 atom stereocenters. The standard InChI is InChI=1S/C24H25N3O5/c1-3-12(2)27-21(30)19-16(10-13-8-9-17(28)18(29)11-13)26-24(20(19)22(27)31)14-6-4-5-7-15(14)25-23(24)32/h4-9,11-12,16,19-20,26,28-29H,3,10H2,1-2H3,(H,25,32)/t12-,16-,19+,20-,24+/m0/s1. The minimum Gasteiger partial charge on any atom is -0.504 e. The number of benzene rings is 2. The molecule has 0 aliphatic carbocycles. The molecule has 32 heavy (non-hydrogen) atoms. The fraction of sp³-hybridized carbons (Fsp3) is 0.375. The van der Waals surface area contributed by atoms with Crippen molar-refractivity contribution in [3.8, 4) is 11.5 Å². The molecule has 0 bridgehead atoms. The van der Waals surface area contributed by atoms with Crippen LogP contribution in [0.2, 0.25) is 0 Å². The van der Waals surface area contributed by atoms with Crippen LogP contribution in [0.15, 0.2) is 42.5 Å². The number of rotatable bonds is 4. The fourth-order valence-electron chi connectivity index (χ4n) is 5.52. The quantitative estimate of drug-likeness (QED) is 0.430. The van der Waals surface area contributed by atoms with E-state index in [0.29, 0.717) is 29.7 Å². The van der Waals surface area contributed by atoms with Gasteiger partial charge in [-0.15, -0.1) is 0 Å². The van der Waals surface area contributed by atoms with E-state index in [1.165, 1.54) is 17.0 Å². The molecule has 2 fully saturated rings. The second-order valence-electron chi connectivity index (χ2n) is 8.89. The van der Waals surface area contributed by atoms with Crippen molar-refractivity contribution in [3.63, 3.8) is 0 Å². The summed E-state index contributed by atoms with van der Waals surface area (Å²) in [5.74, 6) is -3.01. The molecule has 3 aliphatic rings. The zero-order valence-electron chi connectivity index (χ0n) is 17.8. The molecule has 3 amide bonds. The molecule has 5 rings (SSSR count). The number of anilines is 1. The lowest BCUT2D eigenvalue weighted by atomic mass is 9.76. The molecule has 0 saturated carbocycles. The zero-order chi connectivity index (χ0) is 22.8. The highest BCUT2D eigenvalue weighted by Crippen LogP contribution is 2.53. The van der Waals surface area contributed by atoms with E-state index in [1.54, 1.807) is 12.1 Å². The van der Waals surface area contributed by atoms with Crippen LogP contribution in [-0.2, 0) is 26.3 Å². The van der Waals surface area contributed by atoms with Crippen molar-refractivity contribution in [2.45, 2.75) is 44.3 Å². The van der Waals surface area contributed by atoms with Crippen LogP contribution in [0.25, 0.3) is 0 Å². The van der Waals surface area contributed by atoms with Crippen LogP contribution >= 0.6 is 0 Å². The molecular weight excluding hydrogens is 410 g/mol. The third-order valence-electron chi connectivity index (χ3n) is 7.18. The van der Waals surface area contributed by atoms with Gasteiger partial charge < -0.3 is 15.5 Å². The van der Waals surface area contributed by atoms with Gasteiger partial charge in [0.15, 0.2) is 11.5 Å². The van der Waals surface area contributed by atoms with Crippen LogP contribution < -0.4 is 10.6 Å². The lowest BCUT2D eigenvalue weighted by molar-refractivity contribution is -0.145. The molecule has 2 aromatic carbocycles. The highest BCUT2D eigenvalue weighted by molar-refractivity contribution is 6.15. The van der Waals surface area contributed by atoms with Crippen LogP contribution in [0.1, 0.15) is 31.4 Å². The largest absolute Gasteiger partial charge is 0.504 e. The van der Waals surface area contributed by atoms with Crippen molar-refractivity contribution in [2.24, 2.45) is 11.8 Å². The number of amides is 3. The van der Waals surface area contributed by atoms with E-state index in [-0.39, 0.29) is 35.3 Å². The Hall–Kier alpha value is -3.39. The van der Waals surface area contributed by atoms with Gasteiger partial charge in [-0.2, -0.15) is 0 Å². The number of aromatic hydroxyl groups is 2. The number of carbonyl (C=O) groups is 3. The first-order chi connectivity index (χ1) is 15.3. The topological polar surface area (TPSA) is 119 Å². The fourth-order valence-corrected chi connectivity index (χ4v) is 5.52. The molecule has 8 heteroatoms. The average molecular weight is 435 g/mol. The number of phenolic OH excluding ortho intramolecular Hbond substituents is 2. The van der Waals surface area contributed by atoms with Crippen molar-refractivity contribution in [3.05, 3.63) is 53.6 Å². The molecule has 0 radical (unpaired) electrons. The summed E-state index contributed by atoms with van der Waals surface area (Å²) in [6.45, 7) is 3.76. The molecule has 0 unspecified atom stereocenters. The lowest BCUT2D eigenvalue weighted by Crippen LogP contribution is -2.54. The first kappa shape index (κ1) is 20.5. The number of hydrogen-bond donors (Lipinski definition) is 4. The Labute approximate surface area is 185 Å². The maximum atomic E-state index is 13.6. The molecule has 1 spiro atoms. The van der Waals surface area contributed by atoms with Crippen LogP contribution in [0, 0.1) is 11.8 Å². The number of nitrogens with zero attached hydrogens (tertiary/aromatic N) is 1. The van der Waals surface area contributed by atoms with Crippen LogP contribution in [0.4, 0.5) is 5.69 Å². The molecule has 3 aliphatic heterocycles. The van der Waals surface area contributed by atoms with Crippen molar-refractivity contribution in [2.75, 3.05) is 5.32 Å². The highest BCUT2D eigenvalue weighted by atomic mass is 16.3. The van der Waals surface area contributed by atoms with E-state index in [9.17, 15) is 24.6 Å². The SMILES string of the molecule is CC[C@H](C)N1C(=O)[C@@H]2[C@H](Cc3ccc(O)c(O)c3)N[C@@]3(C(=O)Nc4ccccc43)[C@@H]2C1=O. The van der Waals surface area contributed by atoms with Gasteiger partial charge in [0.05, 0.1) is 11.8 Å². The predicted octanol–water partition coefficient (Wildman–Crippen LogP) is 1.86. The van der Waals surface area contributed by atoms with Crippen molar-refractivity contribution in [1.82, 2.24) is 10.2 Å². The maximum Gasteiger partial charge on any atom is 0.250 e. The van der Waals surface area contributed by atoms with E-state index >= 15 is 0 Å². The monoisotopic (exact) mass is 435 g/mol. The van der Waals surface area contributed by atoms with E-state index in [0.717, 1.165) is 0 Å². The van der Waals surface area contributed by atoms with Gasteiger partial charge in [-0.25, -0.2) is 0 Å². The summed E-state index contributed by atoms with van der Waals surface area (Å²) in [5.41, 5.74) is 0.652. The van der Waals surface area contributed by atoms with Gasteiger partial charge in [0.1, 0.15) is 5.54 Å². The van der Waals surface area contributed by atoms with Crippen molar-refractivity contribution < 1.29 is 24.6 Å². The Morgan fingerprint density at radius 1 is 1.06 bits per heavy atom. The minimum absolute atomic E-state index is 0.235. The highest BCUT2D eigenvalue weighted by Gasteiger charge is 2.70. The van der Waals surface area contributed by atoms with E-state index < -0.39 is 23.4 Å². The number of imide groups is 1. The van der Waals surface area contributed by atoms with E-state index in [2.05, 4.69) is 10.6 Å². The van der Waals surface area contributed by atoms with Crippen LogP contribution in [0.3, 0.4) is 0 Å². The Morgan fingerprint density at radius 2 is 1.81 bits per heavy atom. The van der Waals surface area contributed by atoms with Gasteiger partial charge in [-0.1, -0.05) is 31.2 Å². The maximum absolute atomic E-state index is 13.6. The predicted molar refractivity (Wildman–Crippen MR) is 116 cm³/mol. The molecule has 2 aromatic rings. The molecule has 0 aromatic heterocycles. The first-order valence-corrected chi connectivity index (χ1v) is 10.9. The van der Waals surface area contributed by atoms with E-state index in [1.807, 2.05) is 32.0 Å². The molecule has 8 nitrogen and oxygen atoms in total. The Bertz CT molecular complexity index is 1150. The molecule has 166 valence electrons. The first-order valence-electron chi connectivity index (χ1n) is 10.9. The number of hydrogen-bond acceptors (Lipinski definition) is 6. The van der Waals surface area contributed by atoms with Crippen molar-refractivity contribution >= 4 is 23.4 Å². The summed E-state index contributed by atoms with van der Waals surface area (Å²) < 4.78 is 0. The average Bonchev–Trinajstić information content (AvgIpc) is 3.35. The lowest BCUT2D eigenvalue weighted by Gasteiger charge is -2.31. The number of phenols is 2. The van der Waals surface area contributed by atoms with Crippen LogP contribution in [0.5, 0.6) is 11.5 Å². The number of fused-ring (bicyclic) bond motifs is 4. The second kappa shape index (κ2) is 7.06. The van der Waals surface area contributed by atoms with E-state index in [4.69, 9.17) is 0 Å². The molecule has 4 N–H and O–H groups in total. The van der Waals surface area contributed by atoms with Gasteiger partial charge in [0, 0.05) is 23.3 Å². The summed E-state index contributed by atoms with van der Waals surface area (Å²) in [5, 5.41) is 25.8. The summed E-state index contributed by atoms with van der Waals surface area (Å²) >= 11 is 0. The van der Waals surface area contributed by atoms with Gasteiger partial charge in [0.25, 0.3) is 0 Å². The number of para-hydroxylation sites is 1. The van der Waals surface area contributed by atoms with Gasteiger partial charge in [-0.05, 0) is 43.5 Å². The molecule has 3 heterocycles. The Kier molecular flexibility index (Phi) is 4.53. The Morgan fingerprint density at radius 3 is 2.53 bits per heavy atom. The van der Waals surface area contributed by atoms with Crippen molar-refractivity contribution in [1.29, 1.82) is 0 Å². The second-order valence-corrected chi connectivity index (χ2v) is 8.89. The Balaban J connectivity index is 1.63. The minimum atomic E-state index is -1.33. The van der Waals surface area contributed by atoms with Crippen LogP contribution in [-0.4, -0.2) is 44.9 Å². The number of nitrogens with one attached hydrogen (secondary N) is 2. The molecule has 2 saturated heterocycles. The smallest absolute Gasteiger partial charge is 0.250 e. The zero-order valence-corrected chi connectivity index (χ0v) is 17.8. The summed E-state index contributed by atoms with van der Waals surface area (Å²) in [6, 6.07) is 10.9. The number of likely N-dealkylation sites (tertiary alicyclic amines) is 1. The van der Waals surface area contributed by atoms with Gasteiger partial charge in [-0.3, -0.25) is 24.6 Å². The summed E-state index contributed by atoms with van der Waals surface area (Å²) in [6.07, 6.45) is 0.927. The third-order valence-corrected chi connectivity index (χ3v) is 7.18. The normalized spacial score (nSPS) is 29.4. The third kappa shape index (κ3) is 2.62. The molecular formula is C24H25N3O5. The van der Waals surface area contributed by atoms with Gasteiger partial charge >= 0.3 is 0 Å². The summed E-state index contributed by atoms with van der Waals surface area (Å²) in [4.78, 5) is 41.8. The number of carbonyl (C=O) groups excluding carboxylic acids is 3. The summed E-state index contributed by atoms with van der Waals surface area (Å²) in [7, 11) is 0. The van der Waals surface area contributed by atoms with Gasteiger partial charge in [0.2, 0.25) is 17.7 Å².